The minimum absolute atomic E-state index is 0. The highest BCUT2D eigenvalue weighted by atomic mass is 35.5. The first-order chi connectivity index (χ1) is 5.18. The molecule has 0 amide bonds. The predicted octanol–water partition coefficient (Wildman–Crippen LogP) is 1.76. The second-order valence-corrected chi connectivity index (χ2v) is 2.56. The fourth-order valence-electron chi connectivity index (χ4n) is 0.950. The van der Waals surface area contributed by atoms with E-state index in [1.165, 1.54) is 0 Å². The molecule has 1 aromatic rings. The number of aliphatic carboxylic acids is 1. The number of hydrogen-bond acceptors (Lipinski definition) is 1. The molecule has 0 saturated heterocycles. The number of carboxylic acid groups (broad SMARTS) is 1. The predicted molar refractivity (Wildman–Crippen MR) is 48.7 cm³/mol. The van der Waals surface area contributed by atoms with E-state index in [1.54, 1.807) is 0 Å². The molecule has 0 aliphatic rings. The normalized spacial score (nSPS) is 9.08. The number of rotatable bonds is 3. The average molecular weight is 190 g/mol. The molecule has 68 valence electrons. The van der Waals surface area contributed by atoms with Gasteiger partial charge in [0.2, 0.25) is 0 Å². The minimum Gasteiger partial charge on any atom is -0.481 e. The van der Waals surface area contributed by atoms with Gasteiger partial charge in [0.25, 0.3) is 0 Å². The Balaban J connectivity index is 0.00000121. The van der Waals surface area contributed by atoms with Crippen molar-refractivity contribution in [3.8, 4) is 0 Å². The number of halogens is 1. The van der Waals surface area contributed by atoms with E-state index in [4.69, 9.17) is 5.11 Å². The molecule has 3 nitrogen and oxygen atoms in total. The number of aryl methyl sites for hydroxylation is 2. The number of hydrogen-bond donors (Lipinski definition) is 2. The van der Waals surface area contributed by atoms with Crippen molar-refractivity contribution in [2.24, 2.45) is 0 Å². The molecular weight excluding hydrogens is 178 g/mol. The summed E-state index contributed by atoms with van der Waals surface area (Å²) >= 11 is 0. The van der Waals surface area contributed by atoms with Crippen LogP contribution in [0.4, 0.5) is 0 Å². The van der Waals surface area contributed by atoms with Gasteiger partial charge in [0.05, 0.1) is 6.42 Å². The summed E-state index contributed by atoms with van der Waals surface area (Å²) in [6.45, 7) is 1.95. The first-order valence-electron chi connectivity index (χ1n) is 3.55. The lowest BCUT2D eigenvalue weighted by atomic mass is 10.2. The van der Waals surface area contributed by atoms with Crippen LogP contribution in [0.25, 0.3) is 0 Å². The number of aromatic nitrogens is 1. The number of H-pyrrole nitrogens is 1. The zero-order chi connectivity index (χ0) is 8.27. The maximum atomic E-state index is 10.2. The number of aromatic amines is 1. The Kier molecular flexibility index (Phi) is 4.44. The molecule has 12 heavy (non-hydrogen) atoms. The Morgan fingerprint density at radius 2 is 2.25 bits per heavy atom. The summed E-state index contributed by atoms with van der Waals surface area (Å²) in [6.07, 6.45) is 0.781. The molecule has 0 spiro atoms. The maximum absolute atomic E-state index is 10.2. The largest absolute Gasteiger partial charge is 0.481 e. The van der Waals surface area contributed by atoms with Crippen LogP contribution in [-0.2, 0) is 11.2 Å². The molecular formula is C8H12ClNO2. The molecule has 0 fully saturated rings. The zero-order valence-electron chi connectivity index (χ0n) is 6.83. The van der Waals surface area contributed by atoms with Gasteiger partial charge < -0.3 is 10.1 Å². The first kappa shape index (κ1) is 11.0. The molecule has 0 aliphatic carbocycles. The van der Waals surface area contributed by atoms with E-state index in [1.807, 2.05) is 19.1 Å². The Bertz CT molecular complexity index is 257. The van der Waals surface area contributed by atoms with Crippen molar-refractivity contribution in [3.05, 3.63) is 23.5 Å². The van der Waals surface area contributed by atoms with Crippen molar-refractivity contribution in [1.29, 1.82) is 0 Å². The van der Waals surface area contributed by atoms with Gasteiger partial charge in [-0.1, -0.05) is 0 Å². The van der Waals surface area contributed by atoms with Crippen LogP contribution in [-0.4, -0.2) is 16.1 Å². The lowest BCUT2D eigenvalue weighted by Gasteiger charge is -1.92. The third-order valence-corrected chi connectivity index (χ3v) is 1.50. The van der Waals surface area contributed by atoms with Gasteiger partial charge in [-0.15, -0.1) is 12.4 Å². The molecule has 0 unspecified atom stereocenters. The molecule has 0 radical (unpaired) electrons. The molecule has 0 aliphatic heterocycles. The number of carbonyl (C=O) groups is 1. The zero-order valence-corrected chi connectivity index (χ0v) is 7.65. The molecule has 1 heterocycles. The summed E-state index contributed by atoms with van der Waals surface area (Å²) in [5.41, 5.74) is 2.07. The summed E-state index contributed by atoms with van der Waals surface area (Å²) in [5.74, 6) is -0.753. The SMILES string of the molecule is Cc1ccc(CCC(=O)O)[nH]1.Cl. The molecule has 2 N–H and O–H groups in total. The van der Waals surface area contributed by atoms with Gasteiger partial charge in [0, 0.05) is 11.4 Å². The van der Waals surface area contributed by atoms with E-state index in [0.29, 0.717) is 6.42 Å². The van der Waals surface area contributed by atoms with E-state index in [9.17, 15) is 4.79 Å². The Morgan fingerprint density at radius 1 is 1.58 bits per heavy atom. The van der Waals surface area contributed by atoms with Gasteiger partial charge in [-0.3, -0.25) is 4.79 Å². The van der Waals surface area contributed by atoms with Crippen LogP contribution in [0.1, 0.15) is 17.8 Å². The van der Waals surface area contributed by atoms with Crippen molar-refractivity contribution < 1.29 is 9.90 Å². The van der Waals surface area contributed by atoms with E-state index in [0.717, 1.165) is 11.4 Å². The summed E-state index contributed by atoms with van der Waals surface area (Å²) in [6, 6.07) is 3.86. The highest BCUT2D eigenvalue weighted by Gasteiger charge is 1.99. The lowest BCUT2D eigenvalue weighted by Crippen LogP contribution is -1.97. The van der Waals surface area contributed by atoms with Gasteiger partial charge in [0.1, 0.15) is 0 Å². The molecule has 0 aromatic carbocycles. The third-order valence-electron chi connectivity index (χ3n) is 1.50. The van der Waals surface area contributed by atoms with Crippen molar-refractivity contribution in [3.63, 3.8) is 0 Å². The summed E-state index contributed by atoms with van der Waals surface area (Å²) in [5, 5.41) is 8.37. The summed E-state index contributed by atoms with van der Waals surface area (Å²) in [4.78, 5) is 13.2. The number of carboxylic acids is 1. The van der Waals surface area contributed by atoms with Crippen molar-refractivity contribution in [2.75, 3.05) is 0 Å². The third kappa shape index (κ3) is 3.44. The molecule has 1 aromatic heterocycles. The van der Waals surface area contributed by atoms with Gasteiger partial charge in [-0.2, -0.15) is 0 Å². The van der Waals surface area contributed by atoms with Crippen molar-refractivity contribution in [2.45, 2.75) is 19.8 Å². The standard InChI is InChI=1S/C8H11NO2.ClH/c1-6-2-3-7(9-6)4-5-8(10)11;/h2-3,9H,4-5H2,1H3,(H,10,11);1H. The molecule has 4 heteroatoms. The van der Waals surface area contributed by atoms with Gasteiger partial charge in [0.15, 0.2) is 0 Å². The topological polar surface area (TPSA) is 53.1 Å². The second kappa shape index (κ2) is 4.83. The Hall–Kier alpha value is -0.960. The average Bonchev–Trinajstić information content (AvgIpc) is 2.31. The number of nitrogens with one attached hydrogen (secondary N) is 1. The van der Waals surface area contributed by atoms with Crippen LogP contribution >= 0.6 is 12.4 Å². The maximum Gasteiger partial charge on any atom is 0.303 e. The van der Waals surface area contributed by atoms with E-state index in [-0.39, 0.29) is 18.8 Å². The van der Waals surface area contributed by atoms with Gasteiger partial charge in [-0.05, 0) is 25.5 Å². The van der Waals surface area contributed by atoms with Crippen LogP contribution in [0.3, 0.4) is 0 Å². The highest BCUT2D eigenvalue weighted by molar-refractivity contribution is 5.85. The molecule has 0 bridgehead atoms. The molecule has 0 saturated carbocycles. The summed E-state index contributed by atoms with van der Waals surface area (Å²) < 4.78 is 0. The fourth-order valence-corrected chi connectivity index (χ4v) is 0.950. The lowest BCUT2D eigenvalue weighted by molar-refractivity contribution is -0.136. The van der Waals surface area contributed by atoms with E-state index >= 15 is 0 Å². The smallest absolute Gasteiger partial charge is 0.303 e. The fraction of sp³-hybridized carbons (Fsp3) is 0.375. The second-order valence-electron chi connectivity index (χ2n) is 2.56. The van der Waals surface area contributed by atoms with E-state index in [2.05, 4.69) is 4.98 Å². The Labute approximate surface area is 77.2 Å². The highest BCUT2D eigenvalue weighted by Crippen LogP contribution is 2.02. The van der Waals surface area contributed by atoms with Gasteiger partial charge >= 0.3 is 5.97 Å². The van der Waals surface area contributed by atoms with Crippen LogP contribution in [0.2, 0.25) is 0 Å². The van der Waals surface area contributed by atoms with Crippen LogP contribution in [0.15, 0.2) is 12.1 Å². The van der Waals surface area contributed by atoms with Crippen molar-refractivity contribution >= 4 is 18.4 Å². The minimum atomic E-state index is -0.753. The first-order valence-corrected chi connectivity index (χ1v) is 3.55. The van der Waals surface area contributed by atoms with Gasteiger partial charge in [-0.25, -0.2) is 0 Å². The summed E-state index contributed by atoms with van der Waals surface area (Å²) in [7, 11) is 0. The monoisotopic (exact) mass is 189 g/mol. The van der Waals surface area contributed by atoms with Crippen LogP contribution in [0.5, 0.6) is 0 Å². The van der Waals surface area contributed by atoms with Crippen LogP contribution < -0.4 is 0 Å². The quantitative estimate of drug-likeness (QED) is 0.762. The van der Waals surface area contributed by atoms with Crippen molar-refractivity contribution in [1.82, 2.24) is 4.98 Å². The van der Waals surface area contributed by atoms with Crippen LogP contribution in [0, 0.1) is 6.92 Å². The molecule has 0 atom stereocenters. The molecule has 1 rings (SSSR count). The Morgan fingerprint density at radius 3 is 2.67 bits per heavy atom. The van der Waals surface area contributed by atoms with E-state index < -0.39 is 5.97 Å².